The fraction of sp³-hybridized carbons (Fsp3) is 1.00. The zero-order valence-corrected chi connectivity index (χ0v) is 14.4. The molecule has 0 saturated carbocycles. The van der Waals surface area contributed by atoms with Crippen LogP contribution in [0, 0.1) is 0 Å². The Morgan fingerprint density at radius 1 is 0.500 bits per heavy atom. The molecule has 0 aromatic rings. The summed E-state index contributed by atoms with van der Waals surface area (Å²) >= 11 is -1.41. The van der Waals surface area contributed by atoms with Crippen molar-refractivity contribution in [2.75, 3.05) is 0 Å². The van der Waals surface area contributed by atoms with Crippen molar-refractivity contribution in [3.63, 3.8) is 0 Å². The van der Waals surface area contributed by atoms with Crippen molar-refractivity contribution in [3.05, 3.63) is 0 Å². The van der Waals surface area contributed by atoms with E-state index in [2.05, 4.69) is 27.7 Å². The van der Waals surface area contributed by atoms with E-state index in [9.17, 15) is 0 Å². The molecule has 0 bridgehead atoms. The van der Waals surface area contributed by atoms with Crippen molar-refractivity contribution in [1.29, 1.82) is 0 Å². The molecule has 0 unspecified atom stereocenters. The van der Waals surface area contributed by atoms with E-state index < -0.39 is 13.3 Å². The van der Waals surface area contributed by atoms with Crippen LogP contribution in [0.15, 0.2) is 0 Å². The summed E-state index contributed by atoms with van der Waals surface area (Å²) in [7, 11) is 0. The van der Waals surface area contributed by atoms with E-state index in [0.717, 1.165) is 0 Å². The van der Waals surface area contributed by atoms with Gasteiger partial charge in [0.05, 0.1) is 0 Å². The molecule has 0 saturated heterocycles. The van der Waals surface area contributed by atoms with Crippen LogP contribution in [0.3, 0.4) is 0 Å². The zero-order valence-electron chi connectivity index (χ0n) is 12.3. The summed E-state index contributed by atoms with van der Waals surface area (Å²) in [6.07, 6.45) is 10.3. The Labute approximate surface area is 107 Å². The molecule has 0 aliphatic rings. The Balaban J connectivity index is 4.32. The Bertz CT molecular complexity index is 121. The summed E-state index contributed by atoms with van der Waals surface area (Å²) in [5.74, 6) is 0. The number of hydrogen-bond donors (Lipinski definition) is 0. The molecular weight excluding hydrogens is 253 g/mol. The van der Waals surface area contributed by atoms with Gasteiger partial charge >= 0.3 is 107 Å². The molecule has 0 fully saturated rings. The molecule has 0 rings (SSSR count). The van der Waals surface area contributed by atoms with E-state index in [1.165, 1.54) is 44.9 Å². The first-order valence-electron chi connectivity index (χ1n) is 7.74. The Hall–Kier alpha value is 0.543. The quantitative estimate of drug-likeness (QED) is 0.394. The summed E-state index contributed by atoms with van der Waals surface area (Å²) in [5, 5.41) is 6.67. The van der Waals surface area contributed by atoms with Gasteiger partial charge in [0.25, 0.3) is 0 Å². The molecule has 0 spiro atoms. The first-order valence-corrected chi connectivity index (χ1v) is 13.7. The van der Waals surface area contributed by atoms with E-state index >= 15 is 0 Å². The van der Waals surface area contributed by atoms with Crippen molar-refractivity contribution in [2.24, 2.45) is 0 Å². The molecule has 0 amide bonds. The third-order valence-electron chi connectivity index (χ3n) is 3.96. The van der Waals surface area contributed by atoms with E-state index in [1.54, 1.807) is 21.0 Å². The Kier molecular flexibility index (Phi) is 11.0. The monoisotopic (exact) mass is 288 g/mol. The molecule has 0 nitrogen and oxygen atoms in total. The van der Waals surface area contributed by atoms with Gasteiger partial charge in [-0.05, 0) is 0 Å². The topological polar surface area (TPSA) is 0 Å². The van der Waals surface area contributed by atoms with Gasteiger partial charge in [-0.1, -0.05) is 0 Å². The Morgan fingerprint density at radius 3 is 1.12 bits per heavy atom. The van der Waals surface area contributed by atoms with Gasteiger partial charge in [-0.25, -0.2) is 0 Å². The molecule has 0 aliphatic heterocycles. The predicted octanol–water partition coefficient (Wildman–Crippen LogP) is 6.25. The van der Waals surface area contributed by atoms with Crippen LogP contribution in [0.4, 0.5) is 0 Å². The summed E-state index contributed by atoms with van der Waals surface area (Å²) in [6.45, 7) is 9.49. The van der Waals surface area contributed by atoms with Crippen LogP contribution in [-0.4, -0.2) is 13.3 Å². The summed E-state index contributed by atoms with van der Waals surface area (Å²) < 4.78 is 0. The minimum atomic E-state index is -1.41. The predicted molar refractivity (Wildman–Crippen MR) is 80.0 cm³/mol. The second-order valence-corrected chi connectivity index (χ2v) is 16.1. The third-order valence-corrected chi connectivity index (χ3v) is 16.1. The maximum absolute atomic E-state index is 2.41. The van der Waals surface area contributed by atoms with Gasteiger partial charge in [0.15, 0.2) is 0 Å². The maximum atomic E-state index is 2.41. The van der Waals surface area contributed by atoms with Gasteiger partial charge < -0.3 is 0 Å². The SMILES string of the molecule is CCC[CH2][Ge]([CH2]CC)([CH2]CCC)[CH2]CCC. The normalized spacial score (nSPS) is 12.0. The third kappa shape index (κ3) is 6.98. The van der Waals surface area contributed by atoms with Crippen LogP contribution >= 0.6 is 0 Å². The molecule has 1 heteroatoms. The molecule has 16 heavy (non-hydrogen) atoms. The van der Waals surface area contributed by atoms with E-state index in [-0.39, 0.29) is 0 Å². The molecule has 0 heterocycles. The first kappa shape index (κ1) is 16.5. The summed E-state index contributed by atoms with van der Waals surface area (Å²) in [6, 6.07) is 0. The van der Waals surface area contributed by atoms with Crippen molar-refractivity contribution >= 4 is 13.3 Å². The van der Waals surface area contributed by atoms with E-state index in [1.807, 2.05) is 0 Å². The first-order chi connectivity index (χ1) is 7.74. The van der Waals surface area contributed by atoms with Crippen molar-refractivity contribution in [2.45, 2.75) is 93.7 Å². The van der Waals surface area contributed by atoms with Crippen LogP contribution in [0.1, 0.15) is 72.6 Å². The fourth-order valence-electron chi connectivity index (χ4n) is 2.94. The average molecular weight is 287 g/mol. The molecule has 0 aromatic carbocycles. The molecule has 0 N–H and O–H groups in total. The number of hydrogen-bond acceptors (Lipinski definition) is 0. The van der Waals surface area contributed by atoms with Crippen molar-refractivity contribution in [3.8, 4) is 0 Å². The van der Waals surface area contributed by atoms with Crippen LogP contribution < -0.4 is 0 Å². The van der Waals surface area contributed by atoms with Gasteiger partial charge in [-0.15, -0.1) is 0 Å². The number of rotatable bonds is 11. The molecular formula is C15H34Ge. The number of unbranched alkanes of at least 4 members (excludes halogenated alkanes) is 3. The van der Waals surface area contributed by atoms with Gasteiger partial charge in [0.2, 0.25) is 0 Å². The van der Waals surface area contributed by atoms with Gasteiger partial charge in [0.1, 0.15) is 0 Å². The molecule has 0 aromatic heterocycles. The van der Waals surface area contributed by atoms with E-state index in [0.29, 0.717) is 0 Å². The second-order valence-electron chi connectivity index (χ2n) is 5.56. The molecule has 0 atom stereocenters. The standard InChI is InChI=1S/C15H34Ge/c1-5-9-13-16(12-8-4,14-10-6-2)15-11-7-3/h5-15H2,1-4H3. The van der Waals surface area contributed by atoms with Gasteiger partial charge in [0, 0.05) is 0 Å². The zero-order chi connectivity index (χ0) is 12.3. The molecule has 98 valence electrons. The molecule has 0 radical (unpaired) electrons. The fourth-order valence-corrected chi connectivity index (χ4v) is 15.3. The van der Waals surface area contributed by atoms with Crippen LogP contribution in [0.5, 0.6) is 0 Å². The van der Waals surface area contributed by atoms with Gasteiger partial charge in [-0.3, -0.25) is 0 Å². The van der Waals surface area contributed by atoms with E-state index in [4.69, 9.17) is 0 Å². The summed E-state index contributed by atoms with van der Waals surface area (Å²) in [5.41, 5.74) is 0. The van der Waals surface area contributed by atoms with Crippen LogP contribution in [0.25, 0.3) is 0 Å². The van der Waals surface area contributed by atoms with Gasteiger partial charge in [-0.2, -0.15) is 0 Å². The van der Waals surface area contributed by atoms with Crippen molar-refractivity contribution < 1.29 is 0 Å². The average Bonchev–Trinajstić information content (AvgIpc) is 2.31. The summed E-state index contributed by atoms with van der Waals surface area (Å²) in [4.78, 5) is 0. The Morgan fingerprint density at radius 2 is 0.875 bits per heavy atom. The minimum absolute atomic E-state index is 1.41. The second kappa shape index (κ2) is 10.7. The van der Waals surface area contributed by atoms with Crippen LogP contribution in [0.2, 0.25) is 21.0 Å². The molecule has 0 aliphatic carbocycles. The van der Waals surface area contributed by atoms with Crippen molar-refractivity contribution in [1.82, 2.24) is 0 Å². The van der Waals surface area contributed by atoms with Crippen LogP contribution in [-0.2, 0) is 0 Å².